The Hall–Kier alpha value is -2.88. The minimum Gasteiger partial charge on any atom is -0.869 e. The number of benzene rings is 2. The zero-order valence-electron chi connectivity index (χ0n) is 12.3. The van der Waals surface area contributed by atoms with Crippen LogP contribution in [-0.2, 0) is 0 Å². The first-order valence-electron chi connectivity index (χ1n) is 7.16. The molecule has 0 unspecified atom stereocenters. The van der Waals surface area contributed by atoms with Crippen molar-refractivity contribution in [1.29, 1.82) is 0 Å². The third-order valence-corrected chi connectivity index (χ3v) is 4.32. The Balaban J connectivity index is 2.14. The van der Waals surface area contributed by atoms with E-state index in [4.69, 9.17) is 0 Å². The van der Waals surface area contributed by atoms with Gasteiger partial charge in [-0.15, -0.1) is 0 Å². The van der Waals surface area contributed by atoms with Crippen molar-refractivity contribution in [1.82, 2.24) is 9.97 Å². The Morgan fingerprint density at radius 3 is 2.68 bits per heavy atom. The van der Waals surface area contributed by atoms with Gasteiger partial charge in [0.25, 0.3) is 0 Å². The molecule has 0 amide bonds. The summed E-state index contributed by atoms with van der Waals surface area (Å²) in [6, 6.07) is 9.63. The molecule has 2 heterocycles. The first-order valence-corrected chi connectivity index (χ1v) is 7.16. The molecular formula is C18H15N2O2-. The zero-order chi connectivity index (χ0) is 15.4. The highest BCUT2D eigenvalue weighted by Crippen LogP contribution is 2.41. The lowest BCUT2D eigenvalue weighted by molar-refractivity contribution is -0.267. The summed E-state index contributed by atoms with van der Waals surface area (Å²) in [5, 5.41) is 24.1. The number of H-pyrrole nitrogens is 2. The lowest BCUT2D eigenvalue weighted by atomic mass is 10.00. The van der Waals surface area contributed by atoms with E-state index in [1.54, 1.807) is 12.3 Å². The summed E-state index contributed by atoms with van der Waals surface area (Å²) in [4.78, 5) is 6.38. The normalized spacial score (nSPS) is 11.5. The number of phenolic OH excluding ortho intramolecular Hbond substituents is 1. The number of phenols is 1. The van der Waals surface area contributed by atoms with Gasteiger partial charge in [0.15, 0.2) is 0 Å². The molecule has 2 aromatic carbocycles. The van der Waals surface area contributed by atoms with E-state index < -0.39 is 0 Å². The van der Waals surface area contributed by atoms with Crippen molar-refractivity contribution in [2.24, 2.45) is 0 Å². The minimum absolute atomic E-state index is 0.234. The zero-order valence-corrected chi connectivity index (χ0v) is 12.3. The fraction of sp³-hybridized carbons (Fsp3) is 0.111. The van der Waals surface area contributed by atoms with E-state index in [2.05, 4.69) is 16.0 Å². The molecule has 4 nitrogen and oxygen atoms in total. The van der Waals surface area contributed by atoms with Crippen molar-refractivity contribution in [2.75, 3.05) is 0 Å². The number of aromatic nitrogens is 2. The van der Waals surface area contributed by atoms with Gasteiger partial charge < -0.3 is 20.2 Å². The predicted octanol–water partition coefficient (Wildman–Crippen LogP) is 3.71. The number of hydrogen-bond donors (Lipinski definition) is 3. The van der Waals surface area contributed by atoms with Crippen LogP contribution in [0.15, 0.2) is 36.5 Å². The first kappa shape index (κ1) is 12.8. The maximum absolute atomic E-state index is 12.1. The number of aryl methyl sites for hydroxylation is 2. The summed E-state index contributed by atoms with van der Waals surface area (Å²) in [6.45, 7) is 4.00. The van der Waals surface area contributed by atoms with Gasteiger partial charge >= 0.3 is 0 Å². The molecule has 22 heavy (non-hydrogen) atoms. The quantitative estimate of drug-likeness (QED) is 0.500. The van der Waals surface area contributed by atoms with Crippen LogP contribution in [-0.4, -0.2) is 15.1 Å². The van der Waals surface area contributed by atoms with Gasteiger partial charge in [-0.3, -0.25) is 0 Å². The molecule has 0 saturated heterocycles. The van der Waals surface area contributed by atoms with Gasteiger partial charge in [-0.25, -0.2) is 0 Å². The van der Waals surface area contributed by atoms with Gasteiger partial charge in [0.05, 0.1) is 5.69 Å². The van der Waals surface area contributed by atoms with E-state index >= 15 is 0 Å². The molecule has 4 rings (SSSR count). The molecule has 3 N–H and O–H groups in total. The average Bonchev–Trinajstić information content (AvgIpc) is 3.05. The number of aromatic hydroxyl groups is 1. The Labute approximate surface area is 127 Å². The Kier molecular flexibility index (Phi) is 2.51. The van der Waals surface area contributed by atoms with E-state index in [0.717, 1.165) is 38.7 Å². The van der Waals surface area contributed by atoms with Crippen molar-refractivity contribution >= 4 is 21.8 Å². The van der Waals surface area contributed by atoms with Gasteiger partial charge in [0.2, 0.25) is 0 Å². The predicted molar refractivity (Wildman–Crippen MR) is 86.2 cm³/mol. The van der Waals surface area contributed by atoms with Crippen LogP contribution < -0.4 is 5.11 Å². The second kappa shape index (κ2) is 4.31. The van der Waals surface area contributed by atoms with Gasteiger partial charge in [-0.05, 0) is 42.9 Å². The number of fused-ring (bicyclic) bond motifs is 2. The lowest BCUT2D eigenvalue weighted by Crippen LogP contribution is -1.94. The van der Waals surface area contributed by atoms with Gasteiger partial charge in [-0.1, -0.05) is 18.2 Å². The highest BCUT2D eigenvalue weighted by Gasteiger charge is 2.16. The summed E-state index contributed by atoms with van der Waals surface area (Å²) < 4.78 is 0. The van der Waals surface area contributed by atoms with E-state index in [-0.39, 0.29) is 11.5 Å². The summed E-state index contributed by atoms with van der Waals surface area (Å²) >= 11 is 0. The van der Waals surface area contributed by atoms with Crippen molar-refractivity contribution in [3.05, 3.63) is 47.7 Å². The van der Waals surface area contributed by atoms with Crippen molar-refractivity contribution < 1.29 is 10.2 Å². The summed E-state index contributed by atoms with van der Waals surface area (Å²) in [5.41, 5.74) is 5.37. The molecule has 0 spiro atoms. The molecule has 0 bridgehead atoms. The number of aromatic amines is 2. The lowest BCUT2D eigenvalue weighted by Gasteiger charge is -2.14. The Bertz CT molecular complexity index is 1020. The summed E-state index contributed by atoms with van der Waals surface area (Å²) in [5.74, 6) is -0.594. The SMILES string of the molecule is Cc1c(-c2cc(O)c([O-])c3[nH]cc(C)c23)[nH]c2ccccc12. The Morgan fingerprint density at radius 1 is 1.14 bits per heavy atom. The molecule has 4 aromatic rings. The highest BCUT2D eigenvalue weighted by molar-refractivity contribution is 6.04. The topological polar surface area (TPSA) is 74.9 Å². The van der Waals surface area contributed by atoms with Crippen molar-refractivity contribution in [3.63, 3.8) is 0 Å². The number of rotatable bonds is 1. The summed E-state index contributed by atoms with van der Waals surface area (Å²) in [6.07, 6.45) is 1.80. The van der Waals surface area contributed by atoms with Crippen LogP contribution in [0.25, 0.3) is 33.1 Å². The summed E-state index contributed by atoms with van der Waals surface area (Å²) in [7, 11) is 0. The molecule has 4 heteroatoms. The van der Waals surface area contributed by atoms with Crippen LogP contribution >= 0.6 is 0 Å². The molecular weight excluding hydrogens is 276 g/mol. The monoisotopic (exact) mass is 291 g/mol. The molecule has 0 aliphatic heterocycles. The van der Waals surface area contributed by atoms with E-state index in [1.165, 1.54) is 0 Å². The van der Waals surface area contributed by atoms with Gasteiger partial charge in [0.1, 0.15) is 5.75 Å². The molecule has 0 aliphatic rings. The third-order valence-electron chi connectivity index (χ3n) is 4.32. The molecule has 0 radical (unpaired) electrons. The van der Waals surface area contributed by atoms with Crippen LogP contribution in [0.5, 0.6) is 11.5 Å². The Morgan fingerprint density at radius 2 is 1.91 bits per heavy atom. The standard InChI is InChI=1S/C18H16N2O2/c1-9-8-19-17-15(9)12(7-14(21)18(17)22)16-10(2)11-5-3-4-6-13(11)20-16/h3-8,19-22H,1-2H3/p-1. The molecule has 110 valence electrons. The second-order valence-corrected chi connectivity index (χ2v) is 5.66. The van der Waals surface area contributed by atoms with Gasteiger partial charge in [0, 0.05) is 33.6 Å². The maximum Gasteiger partial charge on any atom is 0.110 e. The number of para-hydroxylation sites is 1. The third kappa shape index (κ3) is 1.58. The van der Waals surface area contributed by atoms with Crippen LogP contribution in [0.4, 0.5) is 0 Å². The van der Waals surface area contributed by atoms with Crippen LogP contribution in [0, 0.1) is 13.8 Å². The highest BCUT2D eigenvalue weighted by atomic mass is 16.3. The van der Waals surface area contributed by atoms with E-state index in [0.29, 0.717) is 5.52 Å². The molecule has 0 atom stereocenters. The fourth-order valence-electron chi connectivity index (χ4n) is 3.20. The molecule has 0 saturated carbocycles. The molecule has 0 fully saturated rings. The second-order valence-electron chi connectivity index (χ2n) is 5.66. The first-order chi connectivity index (χ1) is 10.6. The smallest absolute Gasteiger partial charge is 0.110 e. The van der Waals surface area contributed by atoms with Gasteiger partial charge in [-0.2, -0.15) is 0 Å². The van der Waals surface area contributed by atoms with Crippen LogP contribution in [0.3, 0.4) is 0 Å². The van der Waals surface area contributed by atoms with Crippen molar-refractivity contribution in [2.45, 2.75) is 13.8 Å². The maximum atomic E-state index is 12.1. The van der Waals surface area contributed by atoms with E-state index in [1.807, 2.05) is 32.0 Å². The number of hydrogen-bond acceptors (Lipinski definition) is 2. The number of nitrogens with one attached hydrogen (secondary N) is 2. The largest absolute Gasteiger partial charge is 0.869 e. The molecule has 2 aromatic heterocycles. The average molecular weight is 291 g/mol. The van der Waals surface area contributed by atoms with Crippen LogP contribution in [0.2, 0.25) is 0 Å². The minimum atomic E-state index is -0.361. The molecule has 0 aliphatic carbocycles. The fourth-order valence-corrected chi connectivity index (χ4v) is 3.20. The van der Waals surface area contributed by atoms with Crippen molar-refractivity contribution in [3.8, 4) is 22.8 Å². The van der Waals surface area contributed by atoms with Crippen LogP contribution in [0.1, 0.15) is 11.1 Å². The van der Waals surface area contributed by atoms with E-state index in [9.17, 15) is 10.2 Å².